The molecule has 8 heteroatoms. The summed E-state index contributed by atoms with van der Waals surface area (Å²) in [5.74, 6) is 0.335. The fourth-order valence-corrected chi connectivity index (χ4v) is 2.83. The molecule has 2 aromatic heterocycles. The van der Waals surface area contributed by atoms with Crippen LogP contribution in [0.4, 0.5) is 10.2 Å². The third kappa shape index (κ3) is 2.27. The molecule has 0 atom stereocenters. The molecule has 0 radical (unpaired) electrons. The Labute approximate surface area is 137 Å². The Balaban J connectivity index is 1.56. The monoisotopic (exact) mass is 326 g/mol. The van der Waals surface area contributed by atoms with Gasteiger partial charge in [0.15, 0.2) is 5.82 Å². The third-order valence-corrected chi connectivity index (χ3v) is 4.30. The van der Waals surface area contributed by atoms with E-state index in [1.807, 2.05) is 0 Å². The lowest BCUT2D eigenvalue weighted by molar-refractivity contribution is -0.118. The number of amides is 1. The van der Waals surface area contributed by atoms with Crippen molar-refractivity contribution < 1.29 is 9.18 Å². The zero-order valence-electron chi connectivity index (χ0n) is 13.0. The van der Waals surface area contributed by atoms with Crippen molar-refractivity contribution in [2.75, 3.05) is 5.32 Å². The Morgan fingerprint density at radius 1 is 1.29 bits per heavy atom. The van der Waals surface area contributed by atoms with E-state index >= 15 is 0 Å². The molecule has 1 amide bonds. The molecule has 1 N–H and O–H groups in total. The number of carbonyl (C=O) groups is 1. The molecule has 1 aliphatic carbocycles. The summed E-state index contributed by atoms with van der Waals surface area (Å²) in [6.45, 7) is 0. The van der Waals surface area contributed by atoms with E-state index in [0.717, 1.165) is 0 Å². The second kappa shape index (κ2) is 5.26. The van der Waals surface area contributed by atoms with Crippen LogP contribution in [0.1, 0.15) is 18.4 Å². The lowest BCUT2D eigenvalue weighted by atomic mass is 9.94. The minimum atomic E-state index is -0.792. The average molecular weight is 326 g/mol. The van der Waals surface area contributed by atoms with Crippen molar-refractivity contribution in [1.82, 2.24) is 24.5 Å². The highest BCUT2D eigenvalue weighted by atomic mass is 19.1. The van der Waals surface area contributed by atoms with Crippen LogP contribution in [0.2, 0.25) is 0 Å². The molecule has 1 aromatic carbocycles. The molecule has 122 valence electrons. The highest BCUT2D eigenvalue weighted by Gasteiger charge is 2.52. The summed E-state index contributed by atoms with van der Waals surface area (Å²) < 4.78 is 17.1. The van der Waals surface area contributed by atoms with Crippen LogP contribution in [0, 0.1) is 5.82 Å². The second-order valence-electron chi connectivity index (χ2n) is 5.85. The summed E-state index contributed by atoms with van der Waals surface area (Å²) in [7, 11) is 1.75. The van der Waals surface area contributed by atoms with Crippen LogP contribution in [-0.2, 0) is 17.3 Å². The van der Waals surface area contributed by atoms with Gasteiger partial charge in [-0.15, -0.1) is 5.10 Å². The summed E-state index contributed by atoms with van der Waals surface area (Å²) in [5, 5.41) is 11.0. The molecule has 2 heterocycles. The summed E-state index contributed by atoms with van der Waals surface area (Å²) in [5.41, 5.74) is -0.352. The van der Waals surface area contributed by atoms with Crippen molar-refractivity contribution >= 4 is 11.7 Å². The Morgan fingerprint density at radius 2 is 2.08 bits per heavy atom. The molecule has 4 rings (SSSR count). The van der Waals surface area contributed by atoms with Gasteiger partial charge >= 0.3 is 0 Å². The largest absolute Gasteiger partial charge is 0.308 e. The minimum Gasteiger partial charge on any atom is -0.308 e. The van der Waals surface area contributed by atoms with Crippen molar-refractivity contribution in [3.63, 3.8) is 0 Å². The van der Waals surface area contributed by atoms with Crippen molar-refractivity contribution in [2.45, 2.75) is 18.3 Å². The predicted molar refractivity (Wildman–Crippen MR) is 84.1 cm³/mol. The van der Waals surface area contributed by atoms with Gasteiger partial charge in [-0.2, -0.15) is 10.1 Å². The molecule has 0 bridgehead atoms. The van der Waals surface area contributed by atoms with Gasteiger partial charge in [-0.05, 0) is 18.9 Å². The minimum absolute atomic E-state index is 0.240. The first-order chi connectivity index (χ1) is 11.6. The molecule has 7 nitrogen and oxygen atoms in total. The number of benzene rings is 1. The summed E-state index contributed by atoms with van der Waals surface area (Å²) in [6.07, 6.45) is 4.36. The van der Waals surface area contributed by atoms with Crippen LogP contribution < -0.4 is 5.32 Å². The first kappa shape index (κ1) is 14.6. The molecule has 0 spiro atoms. The molecule has 1 fully saturated rings. The second-order valence-corrected chi connectivity index (χ2v) is 5.85. The standard InChI is InChI=1S/C16H15FN6O/c1-22-15(18-10-19-22)23-9-6-13(21-23)20-14(24)16(7-8-16)11-4-2-3-5-12(11)17/h2-6,9-10H,7-8H2,1H3,(H,20,21,24). The first-order valence-electron chi connectivity index (χ1n) is 7.57. The van der Waals surface area contributed by atoms with E-state index in [4.69, 9.17) is 0 Å². The lowest BCUT2D eigenvalue weighted by Gasteiger charge is -2.15. The van der Waals surface area contributed by atoms with E-state index in [-0.39, 0.29) is 11.7 Å². The van der Waals surface area contributed by atoms with Gasteiger partial charge in [0.05, 0.1) is 5.41 Å². The Morgan fingerprint density at radius 3 is 2.75 bits per heavy atom. The van der Waals surface area contributed by atoms with Crippen molar-refractivity contribution in [2.24, 2.45) is 7.05 Å². The number of rotatable bonds is 4. The number of hydrogen-bond donors (Lipinski definition) is 1. The van der Waals surface area contributed by atoms with E-state index in [1.165, 1.54) is 17.1 Å². The van der Waals surface area contributed by atoms with Crippen LogP contribution >= 0.6 is 0 Å². The van der Waals surface area contributed by atoms with Crippen LogP contribution in [-0.4, -0.2) is 30.5 Å². The number of aryl methyl sites for hydroxylation is 1. The molecule has 3 aromatic rings. The van der Waals surface area contributed by atoms with Crippen LogP contribution in [0.25, 0.3) is 5.95 Å². The van der Waals surface area contributed by atoms with E-state index in [2.05, 4.69) is 20.5 Å². The van der Waals surface area contributed by atoms with Gasteiger partial charge in [0.2, 0.25) is 11.9 Å². The molecular formula is C16H15FN6O. The lowest BCUT2D eigenvalue weighted by Crippen LogP contribution is -2.29. The van der Waals surface area contributed by atoms with Gasteiger partial charge < -0.3 is 5.32 Å². The number of halogens is 1. The van der Waals surface area contributed by atoms with E-state index < -0.39 is 5.41 Å². The van der Waals surface area contributed by atoms with Crippen LogP contribution in [0.5, 0.6) is 0 Å². The number of hydrogen-bond acceptors (Lipinski definition) is 4. The number of anilines is 1. The first-order valence-corrected chi connectivity index (χ1v) is 7.57. The van der Waals surface area contributed by atoms with Crippen molar-refractivity contribution in [3.8, 4) is 5.95 Å². The fourth-order valence-electron chi connectivity index (χ4n) is 2.83. The molecular weight excluding hydrogens is 311 g/mol. The molecule has 1 aliphatic rings. The molecule has 0 aliphatic heterocycles. The van der Waals surface area contributed by atoms with Crippen molar-refractivity contribution in [3.05, 3.63) is 54.2 Å². The highest BCUT2D eigenvalue weighted by Crippen LogP contribution is 2.49. The SMILES string of the molecule is Cn1ncnc1-n1ccc(NC(=O)C2(c3ccccc3F)CC2)n1. The van der Waals surface area contributed by atoms with E-state index in [1.54, 1.807) is 42.2 Å². The van der Waals surface area contributed by atoms with Gasteiger partial charge in [0.1, 0.15) is 12.1 Å². The van der Waals surface area contributed by atoms with Gasteiger partial charge in [-0.3, -0.25) is 4.79 Å². The molecule has 0 saturated heterocycles. The highest BCUT2D eigenvalue weighted by molar-refractivity contribution is 6.00. The average Bonchev–Trinajstić information content (AvgIpc) is 3.06. The number of carbonyl (C=O) groups excluding carboxylic acids is 1. The van der Waals surface area contributed by atoms with Crippen LogP contribution in [0.3, 0.4) is 0 Å². The maximum Gasteiger partial charge on any atom is 0.248 e. The molecule has 0 unspecified atom stereocenters. The summed E-state index contributed by atoms with van der Waals surface area (Å²) in [6, 6.07) is 8.08. The number of nitrogens with one attached hydrogen (secondary N) is 1. The Hall–Kier alpha value is -3.03. The Bertz CT molecular complexity index is 911. The number of aromatic nitrogens is 5. The molecule has 1 saturated carbocycles. The Kier molecular flexibility index (Phi) is 3.19. The topological polar surface area (TPSA) is 77.6 Å². The van der Waals surface area contributed by atoms with Gasteiger partial charge in [-0.1, -0.05) is 18.2 Å². The van der Waals surface area contributed by atoms with E-state index in [9.17, 15) is 9.18 Å². The quantitative estimate of drug-likeness (QED) is 0.793. The summed E-state index contributed by atoms with van der Waals surface area (Å²) in [4.78, 5) is 16.7. The van der Waals surface area contributed by atoms with Crippen molar-refractivity contribution in [1.29, 1.82) is 0 Å². The van der Waals surface area contributed by atoms with Gasteiger partial charge in [-0.25, -0.2) is 13.8 Å². The zero-order valence-corrected chi connectivity index (χ0v) is 13.0. The maximum absolute atomic E-state index is 14.0. The third-order valence-electron chi connectivity index (χ3n) is 4.30. The smallest absolute Gasteiger partial charge is 0.248 e. The maximum atomic E-state index is 14.0. The van der Waals surface area contributed by atoms with Gasteiger partial charge in [0, 0.05) is 24.9 Å². The normalized spacial score (nSPS) is 15.2. The summed E-state index contributed by atoms with van der Waals surface area (Å²) >= 11 is 0. The van der Waals surface area contributed by atoms with E-state index in [0.29, 0.717) is 30.2 Å². The van der Waals surface area contributed by atoms with Crippen LogP contribution in [0.15, 0.2) is 42.9 Å². The zero-order chi connectivity index (χ0) is 16.7. The predicted octanol–water partition coefficient (Wildman–Crippen LogP) is 1.81. The molecule has 24 heavy (non-hydrogen) atoms. The fraction of sp³-hybridized carbons (Fsp3) is 0.250. The number of nitrogens with zero attached hydrogens (tertiary/aromatic N) is 5. The van der Waals surface area contributed by atoms with Gasteiger partial charge in [0.25, 0.3) is 0 Å².